The highest BCUT2D eigenvalue weighted by Crippen LogP contribution is 2.42. The van der Waals surface area contributed by atoms with Crippen molar-refractivity contribution in [3.63, 3.8) is 0 Å². The number of carbonyl (C=O) groups excluding carboxylic acids is 2. The minimum atomic E-state index is -1.73. The summed E-state index contributed by atoms with van der Waals surface area (Å²) in [4.78, 5) is 25.0. The van der Waals surface area contributed by atoms with Crippen LogP contribution in [0.5, 0.6) is 28.7 Å². The largest absolute Gasteiger partial charge is 0.508 e. The number of ketones is 1. The molecule has 42 heavy (non-hydrogen) atoms. The van der Waals surface area contributed by atoms with Gasteiger partial charge in [-0.15, -0.1) is 0 Å². The van der Waals surface area contributed by atoms with Gasteiger partial charge in [0.2, 0.25) is 6.29 Å². The second kappa shape index (κ2) is 12.1. The van der Waals surface area contributed by atoms with Crippen LogP contribution in [-0.2, 0) is 14.3 Å². The molecule has 5 rings (SSSR count). The Kier molecular flexibility index (Phi) is 8.31. The van der Waals surface area contributed by atoms with E-state index in [1.165, 1.54) is 36.4 Å². The summed E-state index contributed by atoms with van der Waals surface area (Å²) in [5.41, 5.74) is 1.19. The van der Waals surface area contributed by atoms with Crippen molar-refractivity contribution in [2.75, 3.05) is 6.61 Å². The number of phenolic OH excluding ortho intramolecular Hbond substituents is 3. The van der Waals surface area contributed by atoms with Gasteiger partial charge in [-0.1, -0.05) is 24.3 Å². The zero-order chi connectivity index (χ0) is 30.0. The molecule has 220 valence electrons. The van der Waals surface area contributed by atoms with E-state index in [4.69, 9.17) is 18.9 Å². The van der Waals surface area contributed by atoms with Crippen LogP contribution in [0, 0.1) is 0 Å². The van der Waals surface area contributed by atoms with Crippen LogP contribution >= 0.6 is 0 Å². The van der Waals surface area contributed by atoms with Crippen molar-refractivity contribution in [3.05, 3.63) is 83.4 Å². The second-order valence-electron chi connectivity index (χ2n) is 9.83. The first-order valence-electron chi connectivity index (χ1n) is 12.9. The Labute approximate surface area is 239 Å². The van der Waals surface area contributed by atoms with E-state index in [1.54, 1.807) is 24.3 Å². The summed E-state index contributed by atoms with van der Waals surface area (Å²) in [5, 5.41) is 60.7. The van der Waals surface area contributed by atoms with E-state index >= 15 is 0 Å². The number of hydrogen-bond acceptors (Lipinski definition) is 12. The minimum Gasteiger partial charge on any atom is -0.508 e. The summed E-state index contributed by atoms with van der Waals surface area (Å²) in [6.45, 7) is -0.495. The van der Waals surface area contributed by atoms with Gasteiger partial charge in [-0.2, -0.15) is 0 Å². The number of aliphatic hydroxyl groups is 3. The highest BCUT2D eigenvalue weighted by molar-refractivity contribution is 6.02. The van der Waals surface area contributed by atoms with Crippen molar-refractivity contribution >= 4 is 17.8 Å². The maximum atomic E-state index is 12.8. The molecule has 0 aromatic heterocycles. The van der Waals surface area contributed by atoms with Gasteiger partial charge in [-0.25, -0.2) is 4.79 Å². The quantitative estimate of drug-likeness (QED) is 0.176. The van der Waals surface area contributed by atoms with E-state index in [2.05, 4.69) is 0 Å². The molecule has 0 saturated carbocycles. The lowest BCUT2D eigenvalue weighted by Gasteiger charge is -2.40. The fraction of sp³-hybridized carbons (Fsp3) is 0.267. The Hall–Kier alpha value is -4.62. The number of fused-ring (bicyclic) bond motifs is 1. The number of aliphatic hydroxyl groups excluding tert-OH is 3. The van der Waals surface area contributed by atoms with Crippen LogP contribution in [0.4, 0.5) is 0 Å². The molecule has 12 nitrogen and oxygen atoms in total. The van der Waals surface area contributed by atoms with Gasteiger partial charge in [0.1, 0.15) is 71.4 Å². The first-order valence-corrected chi connectivity index (χ1v) is 12.9. The molecular formula is C30H28O12. The number of Topliss-reactive ketones (excluding diaryl/α,β-unsaturated/α-hetero) is 1. The van der Waals surface area contributed by atoms with Gasteiger partial charge in [0.05, 0.1) is 6.42 Å². The standard InChI is InChI=1S/C30H28O12/c31-17-6-1-15(2-7-17)3-10-25(35)39-14-24-27(36)28(37)29(38)30(42-24)40-19-11-20(33)26-21(34)13-22(41-23(26)12-19)16-4-8-18(32)9-5-16/h1-12,22,24,27-33,36-38H,13-14H2/b10-3+/t22-,24?,27?,28?,29?,30?/m0/s1. The molecule has 0 bridgehead atoms. The second-order valence-corrected chi connectivity index (χ2v) is 9.83. The van der Waals surface area contributed by atoms with Gasteiger partial charge >= 0.3 is 5.97 Å². The smallest absolute Gasteiger partial charge is 0.330 e. The number of hydrogen-bond donors (Lipinski definition) is 6. The third-order valence-corrected chi connectivity index (χ3v) is 6.85. The predicted molar refractivity (Wildman–Crippen MR) is 144 cm³/mol. The lowest BCUT2D eigenvalue weighted by Crippen LogP contribution is -2.60. The number of ether oxygens (including phenoxy) is 4. The number of rotatable bonds is 7. The van der Waals surface area contributed by atoms with Crippen molar-refractivity contribution in [2.24, 2.45) is 0 Å². The van der Waals surface area contributed by atoms with Crippen molar-refractivity contribution in [1.82, 2.24) is 0 Å². The van der Waals surface area contributed by atoms with E-state index in [0.29, 0.717) is 11.1 Å². The number of aromatic hydroxyl groups is 3. The van der Waals surface area contributed by atoms with E-state index < -0.39 is 55.1 Å². The maximum Gasteiger partial charge on any atom is 0.330 e. The minimum absolute atomic E-state index is 0.0103. The molecule has 1 fully saturated rings. The SMILES string of the molecule is O=C(/C=C/c1ccc(O)cc1)OCC1OC(Oc2cc(O)c3c(c2)O[C@H](c2ccc(O)cc2)CC3=O)C(O)C(O)C1O. The molecule has 6 N–H and O–H groups in total. The van der Waals surface area contributed by atoms with Gasteiger partial charge < -0.3 is 49.6 Å². The van der Waals surface area contributed by atoms with Gasteiger partial charge in [0.15, 0.2) is 5.78 Å². The van der Waals surface area contributed by atoms with E-state index in [9.17, 15) is 40.2 Å². The predicted octanol–water partition coefficient (Wildman–Crippen LogP) is 1.95. The van der Waals surface area contributed by atoms with Crippen LogP contribution in [0.2, 0.25) is 0 Å². The summed E-state index contributed by atoms with van der Waals surface area (Å²) in [7, 11) is 0. The van der Waals surface area contributed by atoms with E-state index in [0.717, 1.165) is 12.1 Å². The monoisotopic (exact) mass is 580 g/mol. The average molecular weight is 581 g/mol. The van der Waals surface area contributed by atoms with E-state index in [-0.39, 0.29) is 40.8 Å². The molecule has 2 heterocycles. The lowest BCUT2D eigenvalue weighted by atomic mass is 9.95. The molecular weight excluding hydrogens is 552 g/mol. The summed E-state index contributed by atoms with van der Waals surface area (Å²) < 4.78 is 22.3. The average Bonchev–Trinajstić information content (AvgIpc) is 2.96. The Morgan fingerprint density at radius 3 is 2.26 bits per heavy atom. The number of phenols is 3. The molecule has 0 amide bonds. The Balaban J connectivity index is 1.26. The van der Waals surface area contributed by atoms with Crippen LogP contribution in [0.15, 0.2) is 66.7 Å². The summed E-state index contributed by atoms with van der Waals surface area (Å²) in [6.07, 6.45) is -6.12. The number of benzene rings is 3. The van der Waals surface area contributed by atoms with Crippen molar-refractivity contribution in [3.8, 4) is 28.7 Å². The molecule has 1 saturated heterocycles. The van der Waals surface area contributed by atoms with Crippen LogP contribution in [0.3, 0.4) is 0 Å². The maximum absolute atomic E-state index is 12.8. The summed E-state index contributed by atoms with van der Waals surface area (Å²) in [6, 6.07) is 14.6. The third-order valence-electron chi connectivity index (χ3n) is 6.85. The van der Waals surface area contributed by atoms with Crippen molar-refractivity contribution in [2.45, 2.75) is 43.2 Å². The topological polar surface area (TPSA) is 192 Å². The summed E-state index contributed by atoms with van der Waals surface area (Å²) >= 11 is 0. The number of esters is 1. The molecule has 3 aromatic carbocycles. The molecule has 2 aliphatic heterocycles. The first-order chi connectivity index (χ1) is 20.1. The van der Waals surface area contributed by atoms with Crippen LogP contribution < -0.4 is 9.47 Å². The van der Waals surface area contributed by atoms with Crippen LogP contribution in [0.25, 0.3) is 6.08 Å². The van der Waals surface area contributed by atoms with Crippen molar-refractivity contribution < 1.29 is 59.2 Å². The van der Waals surface area contributed by atoms with Gasteiger partial charge in [0, 0.05) is 18.2 Å². The highest BCUT2D eigenvalue weighted by Gasteiger charge is 2.45. The molecule has 2 aliphatic rings. The molecule has 12 heteroatoms. The molecule has 3 aromatic rings. The third kappa shape index (κ3) is 6.31. The molecule has 5 unspecified atom stereocenters. The normalized spacial score (nSPS) is 25.5. The Morgan fingerprint density at radius 1 is 0.905 bits per heavy atom. The molecule has 0 radical (unpaired) electrons. The van der Waals surface area contributed by atoms with Gasteiger partial charge in [-0.05, 0) is 41.5 Å². The van der Waals surface area contributed by atoms with Crippen LogP contribution in [-0.4, -0.2) is 79.7 Å². The molecule has 6 atom stereocenters. The van der Waals surface area contributed by atoms with E-state index in [1.807, 2.05) is 0 Å². The van der Waals surface area contributed by atoms with Gasteiger partial charge in [-0.3, -0.25) is 4.79 Å². The Morgan fingerprint density at radius 2 is 1.57 bits per heavy atom. The molecule has 0 spiro atoms. The number of carbonyl (C=O) groups is 2. The van der Waals surface area contributed by atoms with Gasteiger partial charge in [0.25, 0.3) is 0 Å². The Bertz CT molecular complexity index is 1470. The zero-order valence-electron chi connectivity index (χ0n) is 21.9. The fourth-order valence-electron chi connectivity index (χ4n) is 4.61. The highest BCUT2D eigenvalue weighted by atomic mass is 16.7. The first kappa shape index (κ1) is 28.9. The fourth-order valence-corrected chi connectivity index (χ4v) is 4.61. The summed E-state index contributed by atoms with van der Waals surface area (Å²) in [5.74, 6) is -1.55. The van der Waals surface area contributed by atoms with Crippen LogP contribution in [0.1, 0.15) is 34.0 Å². The van der Waals surface area contributed by atoms with Crippen molar-refractivity contribution in [1.29, 1.82) is 0 Å². The zero-order valence-corrected chi connectivity index (χ0v) is 21.9. The molecule has 0 aliphatic carbocycles. The lowest BCUT2D eigenvalue weighted by molar-refractivity contribution is -0.278.